The van der Waals surface area contributed by atoms with E-state index in [0.29, 0.717) is 17.1 Å². The van der Waals surface area contributed by atoms with Gasteiger partial charge in [-0.1, -0.05) is 41.5 Å². The zero-order chi connectivity index (χ0) is 22.0. The van der Waals surface area contributed by atoms with E-state index >= 15 is 0 Å². The third kappa shape index (κ3) is 5.83. The van der Waals surface area contributed by atoms with Crippen LogP contribution in [0.2, 0.25) is 0 Å². The molecular weight excluding hydrogens is 368 g/mol. The summed E-state index contributed by atoms with van der Waals surface area (Å²) in [5.41, 5.74) is 2.32. The highest BCUT2D eigenvalue weighted by Crippen LogP contribution is 2.39. The zero-order valence-electron chi connectivity index (χ0n) is 18.3. The van der Waals surface area contributed by atoms with Gasteiger partial charge in [0.1, 0.15) is 18.1 Å². The van der Waals surface area contributed by atoms with Gasteiger partial charge in [0, 0.05) is 6.92 Å². The SMILES string of the molecule is CC(=O)Oc1ccc(C(=O)OCc2cc(C(C)(C)C)c(O)c(C(C)(C)C)c2)cc1. The minimum absolute atomic E-state index is 0.0942. The number of hydrogen-bond donors (Lipinski definition) is 1. The predicted octanol–water partition coefficient (Wildman–Crippen LogP) is 5.27. The van der Waals surface area contributed by atoms with Gasteiger partial charge in [0.15, 0.2) is 0 Å². The van der Waals surface area contributed by atoms with E-state index in [1.54, 1.807) is 24.3 Å². The first-order chi connectivity index (χ1) is 13.3. The van der Waals surface area contributed by atoms with Gasteiger partial charge in [-0.2, -0.15) is 0 Å². The average Bonchev–Trinajstić information content (AvgIpc) is 2.58. The Kier molecular flexibility index (Phi) is 6.41. The zero-order valence-corrected chi connectivity index (χ0v) is 18.3. The summed E-state index contributed by atoms with van der Waals surface area (Å²) in [6.45, 7) is 13.6. The molecule has 1 N–H and O–H groups in total. The summed E-state index contributed by atoms with van der Waals surface area (Å²) in [5.74, 6) is -0.225. The van der Waals surface area contributed by atoms with E-state index in [1.807, 2.05) is 53.7 Å². The second-order valence-corrected chi connectivity index (χ2v) is 9.23. The van der Waals surface area contributed by atoms with Crippen molar-refractivity contribution in [2.45, 2.75) is 65.9 Å². The molecule has 0 aliphatic heterocycles. The fourth-order valence-corrected chi connectivity index (χ4v) is 2.98. The van der Waals surface area contributed by atoms with Crippen molar-refractivity contribution in [2.24, 2.45) is 0 Å². The summed E-state index contributed by atoms with van der Waals surface area (Å²) >= 11 is 0. The molecule has 0 aliphatic carbocycles. The molecule has 0 unspecified atom stereocenters. The maximum atomic E-state index is 12.4. The van der Waals surface area contributed by atoms with Crippen LogP contribution in [0.25, 0.3) is 0 Å². The van der Waals surface area contributed by atoms with Gasteiger partial charge < -0.3 is 14.6 Å². The number of carbonyl (C=O) groups is 2. The molecule has 29 heavy (non-hydrogen) atoms. The fraction of sp³-hybridized carbons (Fsp3) is 0.417. The third-order valence-corrected chi connectivity index (χ3v) is 4.51. The van der Waals surface area contributed by atoms with E-state index in [1.165, 1.54) is 6.92 Å². The van der Waals surface area contributed by atoms with Crippen molar-refractivity contribution in [2.75, 3.05) is 0 Å². The van der Waals surface area contributed by atoms with Crippen molar-refractivity contribution in [3.05, 3.63) is 58.7 Å². The number of carbonyl (C=O) groups excluding carboxylic acids is 2. The molecule has 0 heterocycles. The smallest absolute Gasteiger partial charge is 0.338 e. The number of phenolic OH excluding ortho intramolecular Hbond substituents is 1. The Labute approximate surface area is 172 Å². The molecule has 2 aromatic carbocycles. The van der Waals surface area contributed by atoms with E-state index < -0.39 is 11.9 Å². The van der Waals surface area contributed by atoms with Crippen molar-refractivity contribution in [1.82, 2.24) is 0 Å². The Morgan fingerprint density at radius 2 is 1.38 bits per heavy atom. The van der Waals surface area contributed by atoms with Crippen molar-refractivity contribution in [3.8, 4) is 11.5 Å². The van der Waals surface area contributed by atoms with Gasteiger partial charge in [0.25, 0.3) is 0 Å². The Bertz CT molecular complexity index is 861. The molecule has 2 aromatic rings. The fourth-order valence-electron chi connectivity index (χ4n) is 2.98. The highest BCUT2D eigenvalue weighted by atomic mass is 16.5. The van der Waals surface area contributed by atoms with Gasteiger partial charge >= 0.3 is 11.9 Å². The molecule has 2 rings (SSSR count). The number of phenols is 1. The van der Waals surface area contributed by atoms with Gasteiger partial charge in [0.05, 0.1) is 5.56 Å². The number of rotatable bonds is 4. The lowest BCUT2D eigenvalue weighted by Gasteiger charge is -2.28. The lowest BCUT2D eigenvalue weighted by Crippen LogP contribution is -2.18. The number of ether oxygens (including phenoxy) is 2. The molecule has 5 heteroatoms. The standard InChI is InChI=1S/C24H30O5/c1-15(25)29-18-10-8-17(9-11-18)22(27)28-14-16-12-19(23(2,3)4)21(26)20(13-16)24(5,6)7/h8-13,26H,14H2,1-7H3. The van der Waals surface area contributed by atoms with E-state index in [9.17, 15) is 14.7 Å². The summed E-state index contributed by atoms with van der Waals surface area (Å²) in [6, 6.07) is 9.99. The monoisotopic (exact) mass is 398 g/mol. The van der Waals surface area contributed by atoms with Crippen LogP contribution in [0, 0.1) is 0 Å². The second-order valence-electron chi connectivity index (χ2n) is 9.23. The largest absolute Gasteiger partial charge is 0.507 e. The first-order valence-electron chi connectivity index (χ1n) is 9.61. The van der Waals surface area contributed by atoms with Crippen LogP contribution in [0.3, 0.4) is 0 Å². The molecule has 0 aliphatic rings. The van der Waals surface area contributed by atoms with Gasteiger partial charge in [-0.05, 0) is 63.9 Å². The van der Waals surface area contributed by atoms with Gasteiger partial charge in [-0.3, -0.25) is 4.79 Å². The van der Waals surface area contributed by atoms with Crippen LogP contribution < -0.4 is 4.74 Å². The van der Waals surface area contributed by atoms with Crippen LogP contribution in [-0.2, 0) is 27.0 Å². The molecule has 0 amide bonds. The van der Waals surface area contributed by atoms with Crippen LogP contribution in [0.15, 0.2) is 36.4 Å². The summed E-state index contributed by atoms with van der Waals surface area (Å²) < 4.78 is 10.4. The van der Waals surface area contributed by atoms with E-state index in [4.69, 9.17) is 9.47 Å². The highest BCUT2D eigenvalue weighted by Gasteiger charge is 2.26. The minimum atomic E-state index is -0.470. The first kappa shape index (κ1) is 22.5. The molecule has 156 valence electrons. The Balaban J connectivity index is 2.23. The first-order valence-corrected chi connectivity index (χ1v) is 9.61. The molecule has 5 nitrogen and oxygen atoms in total. The molecule has 0 atom stereocenters. The topological polar surface area (TPSA) is 72.8 Å². The van der Waals surface area contributed by atoms with Gasteiger partial charge in [-0.15, -0.1) is 0 Å². The number of esters is 2. The normalized spacial score (nSPS) is 11.8. The third-order valence-electron chi connectivity index (χ3n) is 4.51. The summed E-state index contributed by atoms with van der Waals surface area (Å²) in [7, 11) is 0. The molecule has 0 fully saturated rings. The lowest BCUT2D eigenvalue weighted by atomic mass is 9.78. The Morgan fingerprint density at radius 3 is 1.79 bits per heavy atom. The summed E-state index contributed by atoms with van der Waals surface area (Å²) in [6.07, 6.45) is 0. The number of aromatic hydroxyl groups is 1. The van der Waals surface area contributed by atoms with Crippen molar-refractivity contribution in [3.63, 3.8) is 0 Å². The number of hydrogen-bond acceptors (Lipinski definition) is 5. The van der Waals surface area contributed by atoms with Gasteiger partial charge in [-0.25, -0.2) is 4.79 Å². The van der Waals surface area contributed by atoms with Crippen LogP contribution in [0.1, 0.15) is 75.5 Å². The quantitative estimate of drug-likeness (QED) is 0.561. The average molecular weight is 398 g/mol. The molecular formula is C24H30O5. The second kappa shape index (κ2) is 8.27. The predicted molar refractivity (Wildman–Crippen MR) is 112 cm³/mol. The molecule has 0 bridgehead atoms. The molecule has 0 aromatic heterocycles. The lowest BCUT2D eigenvalue weighted by molar-refractivity contribution is -0.131. The molecule has 0 spiro atoms. The molecule has 0 saturated carbocycles. The van der Waals surface area contributed by atoms with E-state index in [-0.39, 0.29) is 17.4 Å². The van der Waals surface area contributed by atoms with Crippen molar-refractivity contribution < 1.29 is 24.2 Å². The highest BCUT2D eigenvalue weighted by molar-refractivity contribution is 5.89. The minimum Gasteiger partial charge on any atom is -0.507 e. The maximum absolute atomic E-state index is 12.4. The van der Waals surface area contributed by atoms with Crippen LogP contribution in [0.4, 0.5) is 0 Å². The maximum Gasteiger partial charge on any atom is 0.338 e. The van der Waals surface area contributed by atoms with Crippen LogP contribution >= 0.6 is 0 Å². The van der Waals surface area contributed by atoms with Crippen molar-refractivity contribution in [1.29, 1.82) is 0 Å². The van der Waals surface area contributed by atoms with E-state index in [0.717, 1.165) is 16.7 Å². The summed E-state index contributed by atoms with van der Waals surface area (Å²) in [5, 5.41) is 10.8. The van der Waals surface area contributed by atoms with Crippen LogP contribution in [-0.4, -0.2) is 17.0 Å². The van der Waals surface area contributed by atoms with Crippen LogP contribution in [0.5, 0.6) is 11.5 Å². The van der Waals surface area contributed by atoms with Gasteiger partial charge in [0.2, 0.25) is 0 Å². The number of benzene rings is 2. The van der Waals surface area contributed by atoms with E-state index in [2.05, 4.69) is 0 Å². The van der Waals surface area contributed by atoms with Crippen molar-refractivity contribution >= 4 is 11.9 Å². The molecule has 0 radical (unpaired) electrons. The Hall–Kier alpha value is -2.82. The molecule has 0 saturated heterocycles. The summed E-state index contributed by atoms with van der Waals surface area (Å²) in [4.78, 5) is 23.4. The Morgan fingerprint density at radius 1 is 0.897 bits per heavy atom.